The lowest BCUT2D eigenvalue weighted by Crippen LogP contribution is -2.49. The number of aromatic amines is 1. The molecule has 1 aromatic heterocycles. The number of nitrogens with zero attached hydrogens (tertiary/aromatic N) is 2. The lowest BCUT2D eigenvalue weighted by Gasteiger charge is -2.37. The van der Waals surface area contributed by atoms with Gasteiger partial charge in [0.15, 0.2) is 0 Å². The molecule has 4 heteroatoms. The van der Waals surface area contributed by atoms with Crippen molar-refractivity contribution in [3.63, 3.8) is 0 Å². The van der Waals surface area contributed by atoms with Gasteiger partial charge in [0, 0.05) is 55.4 Å². The number of carbonyl (C=O) groups is 1. The molecule has 4 rings (SSSR count). The van der Waals surface area contributed by atoms with Crippen LogP contribution in [0.1, 0.15) is 29.5 Å². The largest absolute Gasteiger partial charge is 0.368 e. The maximum absolute atomic E-state index is 12.7. The third kappa shape index (κ3) is 3.77. The van der Waals surface area contributed by atoms with Crippen LogP contribution in [0.3, 0.4) is 0 Å². The monoisotopic (exact) mass is 375 g/mol. The third-order valence-corrected chi connectivity index (χ3v) is 6.06. The van der Waals surface area contributed by atoms with Gasteiger partial charge in [0.05, 0.1) is 0 Å². The molecule has 28 heavy (non-hydrogen) atoms. The van der Waals surface area contributed by atoms with Gasteiger partial charge in [-0.15, -0.1) is 0 Å². The van der Waals surface area contributed by atoms with E-state index in [0.29, 0.717) is 12.3 Å². The molecule has 0 atom stereocenters. The highest BCUT2D eigenvalue weighted by molar-refractivity contribution is 5.83. The minimum atomic E-state index is 0.292. The Balaban J connectivity index is 1.28. The topological polar surface area (TPSA) is 39.3 Å². The van der Waals surface area contributed by atoms with E-state index in [1.165, 1.54) is 33.3 Å². The minimum Gasteiger partial charge on any atom is -0.368 e. The van der Waals surface area contributed by atoms with Crippen molar-refractivity contribution in [2.75, 3.05) is 31.1 Å². The fourth-order valence-electron chi connectivity index (χ4n) is 4.20. The standard InChI is InChI=1S/C24H29N3O/c1-18-7-5-11-23(19(18)2)26-13-15-27(16-14-26)24(28)12-6-8-20-17-25-22-10-4-3-9-21(20)22/h3-5,7,9-11,17,25H,6,8,12-16H2,1-2H3. The number of anilines is 1. The second-order valence-electron chi connectivity index (χ2n) is 7.80. The molecule has 0 saturated carbocycles. The molecule has 1 amide bonds. The van der Waals surface area contributed by atoms with Crippen molar-refractivity contribution in [3.05, 3.63) is 65.4 Å². The summed E-state index contributed by atoms with van der Waals surface area (Å²) >= 11 is 0. The molecular formula is C24H29N3O. The van der Waals surface area contributed by atoms with Gasteiger partial charge in [-0.25, -0.2) is 0 Å². The van der Waals surface area contributed by atoms with Crippen LogP contribution in [0.15, 0.2) is 48.7 Å². The molecule has 2 aromatic carbocycles. The van der Waals surface area contributed by atoms with Crippen LogP contribution in [0.4, 0.5) is 5.69 Å². The average Bonchev–Trinajstić information content (AvgIpc) is 3.13. The van der Waals surface area contributed by atoms with Crippen molar-refractivity contribution in [1.29, 1.82) is 0 Å². The number of piperazine rings is 1. The summed E-state index contributed by atoms with van der Waals surface area (Å²) < 4.78 is 0. The first-order valence-electron chi connectivity index (χ1n) is 10.3. The number of H-pyrrole nitrogens is 1. The SMILES string of the molecule is Cc1cccc(N2CCN(C(=O)CCCc3c[nH]c4ccccc34)CC2)c1C. The molecule has 3 aromatic rings. The highest BCUT2D eigenvalue weighted by Gasteiger charge is 2.22. The van der Waals surface area contributed by atoms with Gasteiger partial charge in [0.25, 0.3) is 0 Å². The Kier molecular flexibility index (Phi) is 5.38. The Morgan fingerprint density at radius 1 is 1.00 bits per heavy atom. The number of para-hydroxylation sites is 1. The third-order valence-electron chi connectivity index (χ3n) is 6.06. The summed E-state index contributed by atoms with van der Waals surface area (Å²) in [5, 5.41) is 1.28. The maximum Gasteiger partial charge on any atom is 0.222 e. The first-order valence-corrected chi connectivity index (χ1v) is 10.3. The van der Waals surface area contributed by atoms with Gasteiger partial charge in [0.2, 0.25) is 5.91 Å². The summed E-state index contributed by atoms with van der Waals surface area (Å²) in [7, 11) is 0. The number of hydrogen-bond donors (Lipinski definition) is 1. The molecule has 1 aliphatic rings. The van der Waals surface area contributed by atoms with Gasteiger partial charge < -0.3 is 14.8 Å². The molecule has 1 N–H and O–H groups in total. The summed E-state index contributed by atoms with van der Waals surface area (Å²) in [6.07, 6.45) is 4.55. The summed E-state index contributed by atoms with van der Waals surface area (Å²) in [6.45, 7) is 7.81. The smallest absolute Gasteiger partial charge is 0.222 e. The van der Waals surface area contributed by atoms with E-state index in [2.05, 4.69) is 66.3 Å². The van der Waals surface area contributed by atoms with E-state index in [9.17, 15) is 4.79 Å². The number of aromatic nitrogens is 1. The molecule has 0 unspecified atom stereocenters. The second kappa shape index (κ2) is 8.09. The average molecular weight is 376 g/mol. The molecule has 1 aliphatic heterocycles. The van der Waals surface area contributed by atoms with Gasteiger partial charge in [0.1, 0.15) is 0 Å². The number of aryl methyl sites for hydroxylation is 2. The zero-order valence-electron chi connectivity index (χ0n) is 16.9. The predicted octanol–water partition coefficient (Wildman–Crippen LogP) is 4.46. The van der Waals surface area contributed by atoms with Gasteiger partial charge in [-0.1, -0.05) is 30.3 Å². The van der Waals surface area contributed by atoms with Crippen LogP contribution in [-0.2, 0) is 11.2 Å². The minimum absolute atomic E-state index is 0.292. The molecule has 1 fully saturated rings. The summed E-state index contributed by atoms with van der Waals surface area (Å²) in [4.78, 5) is 20.4. The molecule has 0 spiro atoms. The van der Waals surface area contributed by atoms with Crippen LogP contribution in [0.25, 0.3) is 10.9 Å². The fourth-order valence-corrected chi connectivity index (χ4v) is 4.20. The molecular weight excluding hydrogens is 346 g/mol. The number of nitrogens with one attached hydrogen (secondary N) is 1. The van der Waals surface area contributed by atoms with Crippen molar-refractivity contribution in [3.8, 4) is 0 Å². The summed E-state index contributed by atoms with van der Waals surface area (Å²) in [5.74, 6) is 0.292. The van der Waals surface area contributed by atoms with Crippen LogP contribution in [0.2, 0.25) is 0 Å². The molecule has 1 saturated heterocycles. The van der Waals surface area contributed by atoms with E-state index < -0.39 is 0 Å². The van der Waals surface area contributed by atoms with Crippen LogP contribution >= 0.6 is 0 Å². The summed E-state index contributed by atoms with van der Waals surface area (Å²) in [5.41, 5.74) is 6.47. The maximum atomic E-state index is 12.7. The zero-order chi connectivity index (χ0) is 19.5. The van der Waals surface area contributed by atoms with Crippen LogP contribution in [0.5, 0.6) is 0 Å². The van der Waals surface area contributed by atoms with Gasteiger partial charge in [-0.3, -0.25) is 4.79 Å². The highest BCUT2D eigenvalue weighted by Crippen LogP contribution is 2.24. The number of amides is 1. The highest BCUT2D eigenvalue weighted by atomic mass is 16.2. The van der Waals surface area contributed by atoms with Gasteiger partial charge in [-0.2, -0.15) is 0 Å². The van der Waals surface area contributed by atoms with Crippen molar-refractivity contribution < 1.29 is 4.79 Å². The van der Waals surface area contributed by atoms with Crippen LogP contribution in [0, 0.1) is 13.8 Å². The first kappa shape index (κ1) is 18.6. The Morgan fingerprint density at radius 3 is 2.61 bits per heavy atom. The Labute approximate surface area is 167 Å². The van der Waals surface area contributed by atoms with Gasteiger partial charge >= 0.3 is 0 Å². The zero-order valence-corrected chi connectivity index (χ0v) is 16.9. The first-order chi connectivity index (χ1) is 13.6. The number of rotatable bonds is 5. The molecule has 0 bridgehead atoms. The Morgan fingerprint density at radius 2 is 1.79 bits per heavy atom. The van der Waals surface area contributed by atoms with Gasteiger partial charge in [-0.05, 0) is 55.5 Å². The van der Waals surface area contributed by atoms with Crippen LogP contribution < -0.4 is 4.90 Å². The van der Waals surface area contributed by atoms with Crippen molar-refractivity contribution in [2.24, 2.45) is 0 Å². The van der Waals surface area contributed by atoms with Crippen molar-refractivity contribution in [1.82, 2.24) is 9.88 Å². The number of carbonyl (C=O) groups excluding carboxylic acids is 1. The van der Waals surface area contributed by atoms with E-state index >= 15 is 0 Å². The van der Waals surface area contributed by atoms with E-state index in [-0.39, 0.29) is 0 Å². The molecule has 2 heterocycles. The molecule has 0 aliphatic carbocycles. The fraction of sp³-hybridized carbons (Fsp3) is 0.375. The molecule has 0 radical (unpaired) electrons. The van der Waals surface area contributed by atoms with Crippen molar-refractivity contribution in [2.45, 2.75) is 33.1 Å². The molecule has 146 valence electrons. The molecule has 4 nitrogen and oxygen atoms in total. The second-order valence-corrected chi connectivity index (χ2v) is 7.80. The van der Waals surface area contributed by atoms with E-state index in [1.54, 1.807) is 0 Å². The number of benzene rings is 2. The van der Waals surface area contributed by atoms with E-state index in [4.69, 9.17) is 0 Å². The quantitative estimate of drug-likeness (QED) is 0.715. The number of hydrogen-bond acceptors (Lipinski definition) is 2. The van der Waals surface area contributed by atoms with E-state index in [0.717, 1.165) is 39.0 Å². The lowest BCUT2D eigenvalue weighted by atomic mass is 10.1. The van der Waals surface area contributed by atoms with Crippen LogP contribution in [-0.4, -0.2) is 42.0 Å². The summed E-state index contributed by atoms with van der Waals surface area (Å²) in [6, 6.07) is 14.8. The number of fused-ring (bicyclic) bond motifs is 1. The Hall–Kier alpha value is -2.75. The Bertz CT molecular complexity index is 967. The lowest BCUT2D eigenvalue weighted by molar-refractivity contribution is -0.131. The van der Waals surface area contributed by atoms with E-state index in [1.807, 2.05) is 11.0 Å². The normalized spacial score (nSPS) is 14.6. The predicted molar refractivity (Wildman–Crippen MR) is 116 cm³/mol. The van der Waals surface area contributed by atoms with Crippen molar-refractivity contribution >= 4 is 22.5 Å².